The summed E-state index contributed by atoms with van der Waals surface area (Å²) in [6.07, 6.45) is 2.59. The fraction of sp³-hybridized carbons (Fsp3) is 0.692. The summed E-state index contributed by atoms with van der Waals surface area (Å²) >= 11 is 7.58. The molecule has 1 saturated heterocycles. The second kappa shape index (κ2) is 5.93. The molecule has 1 fully saturated rings. The van der Waals surface area contributed by atoms with Gasteiger partial charge in [0.2, 0.25) is 0 Å². The van der Waals surface area contributed by atoms with Gasteiger partial charge in [0.1, 0.15) is 0 Å². The minimum absolute atomic E-state index is 0.466. The highest BCUT2D eigenvalue weighted by molar-refractivity contribution is 7.86. The molecular formula is C13H19ClN2O2S2. The molecule has 1 aromatic heterocycles. The Labute approximate surface area is 129 Å². The quantitative estimate of drug-likeness (QED) is 0.796. The van der Waals surface area contributed by atoms with Crippen LogP contribution in [-0.2, 0) is 23.2 Å². The second-order valence-corrected chi connectivity index (χ2v) is 8.69. The Hall–Kier alpha value is -0.140. The van der Waals surface area contributed by atoms with Crippen molar-refractivity contribution in [2.45, 2.75) is 25.8 Å². The lowest BCUT2D eigenvalue weighted by atomic mass is 10.0. The summed E-state index contributed by atoms with van der Waals surface area (Å²) in [6, 6.07) is 2.04. The van der Waals surface area contributed by atoms with Crippen LogP contribution in [0.3, 0.4) is 0 Å². The van der Waals surface area contributed by atoms with Gasteiger partial charge in [-0.15, -0.1) is 22.9 Å². The number of thiophene rings is 1. The van der Waals surface area contributed by atoms with Crippen molar-refractivity contribution >= 4 is 33.1 Å². The molecule has 0 aromatic carbocycles. The molecule has 7 heteroatoms. The monoisotopic (exact) mass is 334 g/mol. The largest absolute Gasteiger partial charge is 0.282 e. The Morgan fingerprint density at radius 3 is 2.70 bits per heavy atom. The Morgan fingerprint density at radius 2 is 2.00 bits per heavy atom. The van der Waals surface area contributed by atoms with Crippen LogP contribution in [-0.4, -0.2) is 42.5 Å². The summed E-state index contributed by atoms with van der Waals surface area (Å²) < 4.78 is 28.6. The van der Waals surface area contributed by atoms with Crippen molar-refractivity contribution in [2.75, 3.05) is 25.5 Å². The molecule has 20 heavy (non-hydrogen) atoms. The van der Waals surface area contributed by atoms with Gasteiger partial charge in [0.15, 0.2) is 0 Å². The molecule has 1 aromatic rings. The van der Waals surface area contributed by atoms with Crippen molar-refractivity contribution in [3.05, 3.63) is 21.9 Å². The first-order valence-corrected chi connectivity index (χ1v) is 9.79. The second-order valence-electron chi connectivity index (χ2n) is 5.46. The summed E-state index contributed by atoms with van der Waals surface area (Å²) in [6.45, 7) is 2.33. The molecule has 2 aliphatic rings. The Balaban J connectivity index is 1.70. The van der Waals surface area contributed by atoms with E-state index in [9.17, 15) is 8.42 Å². The molecule has 2 aliphatic heterocycles. The van der Waals surface area contributed by atoms with Crippen LogP contribution < -0.4 is 0 Å². The van der Waals surface area contributed by atoms with E-state index < -0.39 is 10.2 Å². The van der Waals surface area contributed by atoms with Crippen LogP contribution in [0.1, 0.15) is 23.3 Å². The van der Waals surface area contributed by atoms with Crippen LogP contribution in [0.4, 0.5) is 0 Å². The Kier molecular flexibility index (Phi) is 4.38. The number of hydrogen-bond acceptors (Lipinski definition) is 3. The van der Waals surface area contributed by atoms with E-state index in [4.69, 9.17) is 11.6 Å². The molecule has 112 valence electrons. The Bertz CT molecular complexity index is 565. The van der Waals surface area contributed by atoms with Gasteiger partial charge in [-0.05, 0) is 42.2 Å². The molecule has 0 unspecified atom stereocenters. The number of rotatable bonds is 3. The fourth-order valence-electron chi connectivity index (χ4n) is 2.88. The van der Waals surface area contributed by atoms with E-state index in [1.54, 1.807) is 19.9 Å². The van der Waals surface area contributed by atoms with Crippen molar-refractivity contribution in [3.8, 4) is 0 Å². The van der Waals surface area contributed by atoms with Crippen molar-refractivity contribution in [2.24, 2.45) is 5.92 Å². The average Bonchev–Trinajstić information content (AvgIpc) is 2.94. The van der Waals surface area contributed by atoms with Crippen molar-refractivity contribution in [3.63, 3.8) is 0 Å². The summed E-state index contributed by atoms with van der Waals surface area (Å²) in [4.78, 5) is 1.33. The normalized spacial score (nSPS) is 22.9. The van der Waals surface area contributed by atoms with Gasteiger partial charge in [-0.3, -0.25) is 0 Å². The Morgan fingerprint density at radius 1 is 1.25 bits per heavy atom. The predicted molar refractivity (Wildman–Crippen MR) is 82.4 cm³/mol. The number of fused-ring (bicyclic) bond motifs is 1. The van der Waals surface area contributed by atoms with E-state index in [1.165, 1.54) is 10.4 Å². The van der Waals surface area contributed by atoms with Gasteiger partial charge in [-0.2, -0.15) is 17.0 Å². The third kappa shape index (κ3) is 2.76. The summed E-state index contributed by atoms with van der Waals surface area (Å²) in [5.74, 6) is 1.10. The SMILES string of the molecule is O=S(=O)(N1CCC(CCl)CC1)N1CCc2sccc2C1. The van der Waals surface area contributed by atoms with Gasteiger partial charge in [-0.25, -0.2) is 0 Å². The maximum absolute atomic E-state index is 12.7. The van der Waals surface area contributed by atoms with E-state index in [0.29, 0.717) is 38.0 Å². The van der Waals surface area contributed by atoms with Gasteiger partial charge in [0.25, 0.3) is 10.2 Å². The maximum atomic E-state index is 12.7. The number of alkyl halides is 1. The predicted octanol–water partition coefficient (Wildman–Crippen LogP) is 2.30. The van der Waals surface area contributed by atoms with E-state index in [1.807, 2.05) is 11.4 Å². The lowest BCUT2D eigenvalue weighted by Gasteiger charge is -2.35. The number of piperidine rings is 1. The van der Waals surface area contributed by atoms with E-state index in [-0.39, 0.29) is 0 Å². The molecule has 0 aliphatic carbocycles. The zero-order valence-electron chi connectivity index (χ0n) is 11.3. The highest BCUT2D eigenvalue weighted by Gasteiger charge is 2.34. The molecule has 4 nitrogen and oxygen atoms in total. The average molecular weight is 335 g/mol. The van der Waals surface area contributed by atoms with Crippen molar-refractivity contribution < 1.29 is 8.42 Å². The highest BCUT2D eigenvalue weighted by Crippen LogP contribution is 2.28. The zero-order valence-corrected chi connectivity index (χ0v) is 13.7. The van der Waals surface area contributed by atoms with E-state index in [2.05, 4.69) is 0 Å². The number of halogens is 1. The van der Waals surface area contributed by atoms with Gasteiger partial charge < -0.3 is 0 Å². The number of hydrogen-bond donors (Lipinski definition) is 0. The van der Waals surface area contributed by atoms with E-state index in [0.717, 1.165) is 19.3 Å². The van der Waals surface area contributed by atoms with Crippen LogP contribution in [0, 0.1) is 5.92 Å². The zero-order chi connectivity index (χ0) is 14.2. The molecule has 0 amide bonds. The summed E-state index contributed by atoms with van der Waals surface area (Å²) in [7, 11) is -3.31. The topological polar surface area (TPSA) is 40.6 Å². The third-order valence-electron chi connectivity index (χ3n) is 4.22. The van der Waals surface area contributed by atoms with Crippen LogP contribution in [0.25, 0.3) is 0 Å². The fourth-order valence-corrected chi connectivity index (χ4v) is 5.70. The van der Waals surface area contributed by atoms with E-state index >= 15 is 0 Å². The van der Waals surface area contributed by atoms with Crippen molar-refractivity contribution in [1.29, 1.82) is 0 Å². The molecule has 0 atom stereocenters. The van der Waals surface area contributed by atoms with Crippen LogP contribution in [0.15, 0.2) is 11.4 Å². The standard InChI is InChI=1S/C13H19ClN2O2S2/c14-9-11-1-5-15(6-2-11)20(17,18)16-7-3-13-12(10-16)4-8-19-13/h4,8,11H,1-3,5-7,9-10H2. The lowest BCUT2D eigenvalue weighted by Crippen LogP contribution is -2.48. The van der Waals surface area contributed by atoms with Gasteiger partial charge in [-0.1, -0.05) is 0 Å². The van der Waals surface area contributed by atoms with Crippen LogP contribution >= 0.6 is 22.9 Å². The van der Waals surface area contributed by atoms with Gasteiger partial charge in [0, 0.05) is 36.9 Å². The molecule has 3 rings (SSSR count). The summed E-state index contributed by atoms with van der Waals surface area (Å²) in [5, 5.41) is 2.05. The maximum Gasteiger partial charge on any atom is 0.282 e. The smallest absolute Gasteiger partial charge is 0.195 e. The minimum atomic E-state index is -3.31. The van der Waals surface area contributed by atoms with Gasteiger partial charge >= 0.3 is 0 Å². The first-order valence-electron chi connectivity index (χ1n) is 6.97. The molecular weight excluding hydrogens is 316 g/mol. The summed E-state index contributed by atoms with van der Waals surface area (Å²) in [5.41, 5.74) is 1.17. The molecule has 0 radical (unpaired) electrons. The third-order valence-corrected chi connectivity index (χ3v) is 7.66. The minimum Gasteiger partial charge on any atom is -0.195 e. The van der Waals surface area contributed by atoms with Crippen molar-refractivity contribution in [1.82, 2.24) is 8.61 Å². The molecule has 0 bridgehead atoms. The van der Waals surface area contributed by atoms with Crippen LogP contribution in [0.5, 0.6) is 0 Å². The molecule has 3 heterocycles. The lowest BCUT2D eigenvalue weighted by molar-refractivity contribution is 0.261. The first-order chi connectivity index (χ1) is 9.61. The van der Waals surface area contributed by atoms with Gasteiger partial charge in [0.05, 0.1) is 0 Å². The molecule has 0 spiro atoms. The molecule has 0 saturated carbocycles. The first kappa shape index (κ1) is 14.8. The highest BCUT2D eigenvalue weighted by atomic mass is 35.5. The molecule has 0 N–H and O–H groups in total. The number of nitrogens with zero attached hydrogens (tertiary/aromatic N) is 2. The van der Waals surface area contributed by atoms with Crippen LogP contribution in [0.2, 0.25) is 0 Å².